The summed E-state index contributed by atoms with van der Waals surface area (Å²) in [5.74, 6) is 0.885. The fraction of sp³-hybridized carbons (Fsp3) is 0.600. The van der Waals surface area contributed by atoms with E-state index >= 15 is 0 Å². The van der Waals surface area contributed by atoms with Crippen LogP contribution >= 0.6 is 0 Å². The summed E-state index contributed by atoms with van der Waals surface area (Å²) in [6.07, 6.45) is 1.44. The number of methoxy groups -OCH3 is 1. The fourth-order valence-corrected chi connectivity index (χ4v) is 2.59. The Bertz CT molecular complexity index is 425. The number of benzene rings is 1. The van der Waals surface area contributed by atoms with Crippen LogP contribution in [0.25, 0.3) is 0 Å². The number of nitrogens with two attached hydrogens (primary N) is 1. The van der Waals surface area contributed by atoms with Gasteiger partial charge in [0.2, 0.25) is 0 Å². The van der Waals surface area contributed by atoms with Gasteiger partial charge in [0.1, 0.15) is 5.75 Å². The van der Waals surface area contributed by atoms with E-state index in [-0.39, 0.29) is 6.61 Å². The molecule has 0 aliphatic carbocycles. The molecule has 0 saturated carbocycles. The molecule has 3 nitrogen and oxygen atoms in total. The number of ether oxygens (including phenoxy) is 1. The first-order chi connectivity index (χ1) is 8.35. The third-order valence-electron chi connectivity index (χ3n) is 3.62. The molecule has 0 amide bonds. The SMILES string of the molecule is COc1c(C)c(C)cc(C)c1C(C)(N)CCCO. The van der Waals surface area contributed by atoms with Crippen molar-refractivity contribution >= 4 is 0 Å². The maximum Gasteiger partial charge on any atom is 0.127 e. The fourth-order valence-electron chi connectivity index (χ4n) is 2.59. The molecule has 0 spiro atoms. The summed E-state index contributed by atoms with van der Waals surface area (Å²) in [6.45, 7) is 8.37. The first kappa shape index (κ1) is 15.0. The van der Waals surface area contributed by atoms with E-state index in [0.717, 1.165) is 28.9 Å². The second-order valence-corrected chi connectivity index (χ2v) is 5.29. The van der Waals surface area contributed by atoms with E-state index in [0.29, 0.717) is 6.42 Å². The summed E-state index contributed by atoms with van der Waals surface area (Å²) < 4.78 is 5.56. The zero-order valence-corrected chi connectivity index (χ0v) is 12.1. The van der Waals surface area contributed by atoms with Crippen molar-refractivity contribution in [3.8, 4) is 5.75 Å². The van der Waals surface area contributed by atoms with Crippen LogP contribution < -0.4 is 10.5 Å². The van der Waals surface area contributed by atoms with E-state index in [1.807, 2.05) is 6.92 Å². The topological polar surface area (TPSA) is 55.5 Å². The first-order valence-electron chi connectivity index (χ1n) is 6.40. The average molecular weight is 251 g/mol. The van der Waals surface area contributed by atoms with Gasteiger partial charge in [-0.25, -0.2) is 0 Å². The first-order valence-corrected chi connectivity index (χ1v) is 6.40. The third kappa shape index (κ3) is 2.85. The molecule has 102 valence electrons. The zero-order valence-electron chi connectivity index (χ0n) is 12.1. The molecule has 3 N–H and O–H groups in total. The van der Waals surface area contributed by atoms with Crippen LogP contribution in [-0.2, 0) is 5.54 Å². The van der Waals surface area contributed by atoms with Gasteiger partial charge < -0.3 is 15.6 Å². The van der Waals surface area contributed by atoms with Crippen molar-refractivity contribution < 1.29 is 9.84 Å². The van der Waals surface area contributed by atoms with Crippen molar-refractivity contribution in [1.82, 2.24) is 0 Å². The average Bonchev–Trinajstić information content (AvgIpc) is 2.30. The summed E-state index contributed by atoms with van der Waals surface area (Å²) in [7, 11) is 1.69. The van der Waals surface area contributed by atoms with Crippen LogP contribution in [0.3, 0.4) is 0 Å². The molecular formula is C15H25NO2. The molecule has 0 aliphatic rings. The Balaban J connectivity index is 3.34. The van der Waals surface area contributed by atoms with Gasteiger partial charge in [-0.2, -0.15) is 0 Å². The second kappa shape index (κ2) is 5.72. The number of hydrogen-bond donors (Lipinski definition) is 2. The standard InChI is InChI=1S/C15H25NO2/c1-10-9-11(2)13(14(18-5)12(10)3)15(4,16)7-6-8-17/h9,17H,6-8,16H2,1-5H3. The van der Waals surface area contributed by atoms with E-state index < -0.39 is 5.54 Å². The lowest BCUT2D eigenvalue weighted by atomic mass is 9.83. The minimum atomic E-state index is -0.476. The Morgan fingerprint density at radius 1 is 1.28 bits per heavy atom. The lowest BCUT2D eigenvalue weighted by molar-refractivity contribution is 0.263. The van der Waals surface area contributed by atoms with Crippen molar-refractivity contribution in [2.24, 2.45) is 5.73 Å². The molecule has 0 heterocycles. The van der Waals surface area contributed by atoms with Gasteiger partial charge >= 0.3 is 0 Å². The van der Waals surface area contributed by atoms with Gasteiger partial charge in [0.25, 0.3) is 0 Å². The molecule has 0 aliphatic heterocycles. The van der Waals surface area contributed by atoms with E-state index in [1.165, 1.54) is 5.56 Å². The maximum absolute atomic E-state index is 8.98. The summed E-state index contributed by atoms with van der Waals surface area (Å²) in [6, 6.07) is 2.15. The van der Waals surface area contributed by atoms with E-state index in [9.17, 15) is 0 Å². The van der Waals surface area contributed by atoms with Crippen LogP contribution in [0.4, 0.5) is 0 Å². The highest BCUT2D eigenvalue weighted by Crippen LogP contribution is 2.37. The van der Waals surface area contributed by atoms with Crippen molar-refractivity contribution in [3.63, 3.8) is 0 Å². The van der Waals surface area contributed by atoms with Crippen molar-refractivity contribution in [3.05, 3.63) is 28.3 Å². The van der Waals surface area contributed by atoms with Gasteiger partial charge in [-0.1, -0.05) is 6.07 Å². The van der Waals surface area contributed by atoms with Gasteiger partial charge in [-0.05, 0) is 57.2 Å². The Morgan fingerprint density at radius 3 is 2.39 bits per heavy atom. The van der Waals surface area contributed by atoms with Crippen LogP contribution in [0.15, 0.2) is 6.07 Å². The summed E-state index contributed by atoms with van der Waals surface area (Å²) in [5.41, 5.74) is 10.5. The Morgan fingerprint density at radius 2 is 1.89 bits per heavy atom. The molecule has 0 saturated heterocycles. The number of rotatable bonds is 5. The summed E-state index contributed by atoms with van der Waals surface area (Å²) in [4.78, 5) is 0. The van der Waals surface area contributed by atoms with Gasteiger partial charge in [-0.15, -0.1) is 0 Å². The zero-order chi connectivity index (χ0) is 13.9. The molecule has 1 rings (SSSR count). The smallest absolute Gasteiger partial charge is 0.127 e. The second-order valence-electron chi connectivity index (χ2n) is 5.29. The van der Waals surface area contributed by atoms with Gasteiger partial charge in [-0.3, -0.25) is 0 Å². The molecule has 0 aromatic heterocycles. The summed E-state index contributed by atoms with van der Waals surface area (Å²) in [5, 5.41) is 8.98. The highest BCUT2D eigenvalue weighted by atomic mass is 16.5. The minimum Gasteiger partial charge on any atom is -0.496 e. The molecule has 0 fully saturated rings. The lowest BCUT2D eigenvalue weighted by Crippen LogP contribution is -2.34. The molecular weight excluding hydrogens is 226 g/mol. The molecule has 0 radical (unpaired) electrons. The van der Waals surface area contributed by atoms with Crippen molar-refractivity contribution in [2.45, 2.75) is 46.1 Å². The van der Waals surface area contributed by atoms with E-state index in [4.69, 9.17) is 15.6 Å². The lowest BCUT2D eigenvalue weighted by Gasteiger charge is -2.30. The predicted molar refractivity (Wildman–Crippen MR) is 75.1 cm³/mol. The number of aliphatic hydroxyl groups is 1. The molecule has 1 atom stereocenters. The Labute approximate surface area is 110 Å². The van der Waals surface area contributed by atoms with Crippen LogP contribution in [0, 0.1) is 20.8 Å². The van der Waals surface area contributed by atoms with Gasteiger partial charge in [0.15, 0.2) is 0 Å². The minimum absolute atomic E-state index is 0.166. The number of hydrogen-bond acceptors (Lipinski definition) is 3. The molecule has 3 heteroatoms. The highest BCUT2D eigenvalue weighted by molar-refractivity contribution is 5.52. The molecule has 0 bridgehead atoms. The van der Waals surface area contributed by atoms with Crippen LogP contribution in [0.1, 0.15) is 42.0 Å². The quantitative estimate of drug-likeness (QED) is 0.845. The van der Waals surface area contributed by atoms with Gasteiger partial charge in [0.05, 0.1) is 7.11 Å². The maximum atomic E-state index is 8.98. The Hall–Kier alpha value is -1.06. The van der Waals surface area contributed by atoms with Crippen molar-refractivity contribution in [2.75, 3.05) is 13.7 Å². The molecule has 1 aromatic carbocycles. The third-order valence-corrected chi connectivity index (χ3v) is 3.62. The number of aliphatic hydroxyl groups excluding tert-OH is 1. The summed E-state index contributed by atoms with van der Waals surface area (Å²) >= 11 is 0. The largest absolute Gasteiger partial charge is 0.496 e. The molecule has 1 aromatic rings. The monoisotopic (exact) mass is 251 g/mol. The van der Waals surface area contributed by atoms with Crippen LogP contribution in [-0.4, -0.2) is 18.8 Å². The van der Waals surface area contributed by atoms with Crippen molar-refractivity contribution in [1.29, 1.82) is 0 Å². The normalized spacial score (nSPS) is 14.4. The Kier molecular flexibility index (Phi) is 4.77. The predicted octanol–water partition coefficient (Wildman–Crippen LogP) is 2.57. The van der Waals surface area contributed by atoms with Crippen LogP contribution in [0.5, 0.6) is 5.75 Å². The van der Waals surface area contributed by atoms with Crippen LogP contribution in [0.2, 0.25) is 0 Å². The molecule has 1 unspecified atom stereocenters. The van der Waals surface area contributed by atoms with Gasteiger partial charge in [0, 0.05) is 17.7 Å². The van der Waals surface area contributed by atoms with E-state index in [2.05, 4.69) is 26.8 Å². The molecule has 18 heavy (non-hydrogen) atoms. The number of aryl methyl sites for hydroxylation is 2. The van der Waals surface area contributed by atoms with E-state index in [1.54, 1.807) is 7.11 Å². The highest BCUT2D eigenvalue weighted by Gasteiger charge is 2.28.